The number of carbonyl (C=O) groups excluding carboxylic acids is 1. The summed E-state index contributed by atoms with van der Waals surface area (Å²) in [5, 5.41) is 10.9. The van der Waals surface area contributed by atoms with Crippen LogP contribution in [-0.2, 0) is 6.54 Å². The molecule has 17 heavy (non-hydrogen) atoms. The van der Waals surface area contributed by atoms with Crippen LogP contribution in [-0.4, -0.2) is 27.6 Å². The molecule has 5 nitrogen and oxygen atoms in total. The fourth-order valence-electron chi connectivity index (χ4n) is 1.63. The highest BCUT2D eigenvalue weighted by Crippen LogP contribution is 2.12. The zero-order valence-corrected chi connectivity index (χ0v) is 9.84. The second-order valence-corrected chi connectivity index (χ2v) is 3.75. The van der Waals surface area contributed by atoms with E-state index in [0.29, 0.717) is 12.1 Å². The monoisotopic (exact) mass is 230 g/mol. The molecule has 2 aromatic rings. The van der Waals surface area contributed by atoms with Crippen LogP contribution in [0.1, 0.15) is 23.1 Å². The number of hydrogen-bond acceptors (Lipinski definition) is 4. The molecular weight excluding hydrogens is 216 g/mol. The summed E-state index contributed by atoms with van der Waals surface area (Å²) in [6.45, 7) is 2.18. The summed E-state index contributed by atoms with van der Waals surface area (Å²) in [5.74, 6) is 0.864. The van der Waals surface area contributed by atoms with E-state index in [-0.39, 0.29) is 5.78 Å². The Kier molecular flexibility index (Phi) is 3.30. The predicted octanol–water partition coefficient (Wildman–Crippen LogP) is 1.19. The SMILES string of the molecule is CNCc1nncn1-c1cccc(C(C)=O)c1. The molecule has 1 N–H and O–H groups in total. The van der Waals surface area contributed by atoms with Crippen LogP contribution in [0.5, 0.6) is 0 Å². The van der Waals surface area contributed by atoms with E-state index in [1.807, 2.05) is 29.8 Å². The largest absolute Gasteiger partial charge is 0.313 e. The van der Waals surface area contributed by atoms with Crippen molar-refractivity contribution in [3.8, 4) is 5.69 Å². The first-order chi connectivity index (χ1) is 8.22. The van der Waals surface area contributed by atoms with Crippen LogP contribution >= 0.6 is 0 Å². The fraction of sp³-hybridized carbons (Fsp3) is 0.250. The number of carbonyl (C=O) groups is 1. The summed E-state index contributed by atoms with van der Waals surface area (Å²) in [6, 6.07) is 7.42. The van der Waals surface area contributed by atoms with E-state index >= 15 is 0 Å². The minimum atomic E-state index is 0.0510. The smallest absolute Gasteiger partial charge is 0.159 e. The lowest BCUT2D eigenvalue weighted by Gasteiger charge is -2.07. The van der Waals surface area contributed by atoms with Gasteiger partial charge >= 0.3 is 0 Å². The number of hydrogen-bond donors (Lipinski definition) is 1. The average Bonchev–Trinajstić information content (AvgIpc) is 2.78. The third kappa shape index (κ3) is 2.39. The van der Waals surface area contributed by atoms with Gasteiger partial charge in [0.25, 0.3) is 0 Å². The van der Waals surface area contributed by atoms with E-state index in [1.54, 1.807) is 19.3 Å². The Balaban J connectivity index is 2.42. The maximum Gasteiger partial charge on any atom is 0.159 e. The van der Waals surface area contributed by atoms with Crippen molar-refractivity contribution in [2.45, 2.75) is 13.5 Å². The van der Waals surface area contributed by atoms with E-state index in [0.717, 1.165) is 11.5 Å². The molecule has 0 amide bonds. The van der Waals surface area contributed by atoms with Crippen molar-refractivity contribution in [2.24, 2.45) is 0 Å². The van der Waals surface area contributed by atoms with Gasteiger partial charge in [0, 0.05) is 11.3 Å². The summed E-state index contributed by atoms with van der Waals surface area (Å²) >= 11 is 0. The maximum atomic E-state index is 11.3. The van der Waals surface area contributed by atoms with Crippen molar-refractivity contribution >= 4 is 5.78 Å². The van der Waals surface area contributed by atoms with Crippen LogP contribution in [0.2, 0.25) is 0 Å². The Morgan fingerprint density at radius 2 is 2.29 bits per heavy atom. The van der Waals surface area contributed by atoms with Crippen molar-refractivity contribution < 1.29 is 4.79 Å². The van der Waals surface area contributed by atoms with Gasteiger partial charge in [-0.25, -0.2) is 0 Å². The molecule has 0 fully saturated rings. The van der Waals surface area contributed by atoms with Crippen molar-refractivity contribution in [1.82, 2.24) is 20.1 Å². The first-order valence-corrected chi connectivity index (χ1v) is 5.37. The van der Waals surface area contributed by atoms with Gasteiger partial charge in [0.05, 0.1) is 6.54 Å². The number of aromatic nitrogens is 3. The first-order valence-electron chi connectivity index (χ1n) is 5.37. The van der Waals surface area contributed by atoms with Gasteiger partial charge in [-0.1, -0.05) is 12.1 Å². The lowest BCUT2D eigenvalue weighted by Crippen LogP contribution is -2.11. The molecule has 0 aliphatic carbocycles. The maximum absolute atomic E-state index is 11.3. The Morgan fingerprint density at radius 3 is 3.00 bits per heavy atom. The van der Waals surface area contributed by atoms with E-state index in [1.165, 1.54) is 0 Å². The van der Waals surface area contributed by atoms with Crippen LogP contribution in [0.25, 0.3) is 5.69 Å². The number of nitrogens with zero attached hydrogens (tertiary/aromatic N) is 3. The standard InChI is InChI=1S/C12H14N4O/c1-9(17)10-4-3-5-11(6-10)16-8-14-15-12(16)7-13-2/h3-6,8,13H,7H2,1-2H3. The van der Waals surface area contributed by atoms with E-state index in [9.17, 15) is 4.79 Å². The average molecular weight is 230 g/mol. The first kappa shape index (κ1) is 11.5. The normalized spacial score (nSPS) is 10.5. The lowest BCUT2D eigenvalue weighted by molar-refractivity contribution is 0.101. The molecule has 0 bridgehead atoms. The van der Waals surface area contributed by atoms with Crippen molar-refractivity contribution in [1.29, 1.82) is 0 Å². The summed E-state index contributed by atoms with van der Waals surface area (Å²) in [4.78, 5) is 11.3. The minimum absolute atomic E-state index is 0.0510. The number of benzene rings is 1. The molecule has 88 valence electrons. The topological polar surface area (TPSA) is 59.8 Å². The molecule has 0 spiro atoms. The highest BCUT2D eigenvalue weighted by atomic mass is 16.1. The number of rotatable bonds is 4. The number of nitrogens with one attached hydrogen (secondary N) is 1. The Labute approximate surface area is 99.5 Å². The quantitative estimate of drug-likeness (QED) is 0.801. The molecule has 0 unspecified atom stereocenters. The lowest BCUT2D eigenvalue weighted by atomic mass is 10.1. The van der Waals surface area contributed by atoms with Gasteiger partial charge < -0.3 is 5.32 Å². The summed E-state index contributed by atoms with van der Waals surface area (Å²) in [5.41, 5.74) is 1.58. The Morgan fingerprint density at radius 1 is 1.47 bits per heavy atom. The van der Waals surface area contributed by atoms with E-state index in [2.05, 4.69) is 15.5 Å². The van der Waals surface area contributed by atoms with Crippen molar-refractivity contribution in [2.75, 3.05) is 7.05 Å². The molecule has 5 heteroatoms. The zero-order valence-electron chi connectivity index (χ0n) is 9.84. The minimum Gasteiger partial charge on any atom is -0.313 e. The molecule has 0 aliphatic rings. The van der Waals surface area contributed by atoms with Crippen LogP contribution in [0.3, 0.4) is 0 Å². The van der Waals surface area contributed by atoms with Crippen LogP contribution in [0.4, 0.5) is 0 Å². The van der Waals surface area contributed by atoms with Gasteiger partial charge in [0.2, 0.25) is 0 Å². The van der Waals surface area contributed by atoms with Gasteiger partial charge in [-0.2, -0.15) is 0 Å². The van der Waals surface area contributed by atoms with Gasteiger partial charge in [-0.15, -0.1) is 10.2 Å². The van der Waals surface area contributed by atoms with Crippen LogP contribution < -0.4 is 5.32 Å². The molecule has 0 radical (unpaired) electrons. The third-order valence-electron chi connectivity index (χ3n) is 2.48. The Hall–Kier alpha value is -2.01. The third-order valence-corrected chi connectivity index (χ3v) is 2.48. The molecule has 1 aromatic carbocycles. The highest BCUT2D eigenvalue weighted by Gasteiger charge is 2.07. The van der Waals surface area contributed by atoms with Gasteiger partial charge in [0.15, 0.2) is 11.6 Å². The zero-order chi connectivity index (χ0) is 12.3. The molecule has 0 atom stereocenters. The van der Waals surface area contributed by atoms with E-state index in [4.69, 9.17) is 0 Å². The second-order valence-electron chi connectivity index (χ2n) is 3.75. The molecule has 0 aliphatic heterocycles. The molecule has 1 aromatic heterocycles. The molecule has 0 saturated heterocycles. The van der Waals surface area contributed by atoms with Crippen LogP contribution in [0, 0.1) is 0 Å². The predicted molar refractivity (Wildman–Crippen MR) is 64.1 cm³/mol. The highest BCUT2D eigenvalue weighted by molar-refractivity contribution is 5.94. The molecule has 2 rings (SSSR count). The van der Waals surface area contributed by atoms with Crippen molar-refractivity contribution in [3.05, 3.63) is 42.0 Å². The second kappa shape index (κ2) is 4.88. The van der Waals surface area contributed by atoms with Gasteiger partial charge in [-0.05, 0) is 26.1 Å². The molecule has 1 heterocycles. The van der Waals surface area contributed by atoms with Gasteiger partial charge in [-0.3, -0.25) is 9.36 Å². The molecular formula is C12H14N4O. The van der Waals surface area contributed by atoms with E-state index < -0.39 is 0 Å². The molecule has 0 saturated carbocycles. The summed E-state index contributed by atoms with van der Waals surface area (Å²) in [7, 11) is 1.85. The van der Waals surface area contributed by atoms with Crippen molar-refractivity contribution in [3.63, 3.8) is 0 Å². The number of ketones is 1. The number of Topliss-reactive ketones (excluding diaryl/α,β-unsaturated/α-hetero) is 1. The summed E-state index contributed by atoms with van der Waals surface area (Å²) in [6.07, 6.45) is 1.64. The van der Waals surface area contributed by atoms with Gasteiger partial charge in [0.1, 0.15) is 6.33 Å². The summed E-state index contributed by atoms with van der Waals surface area (Å²) < 4.78 is 1.86. The van der Waals surface area contributed by atoms with Crippen LogP contribution in [0.15, 0.2) is 30.6 Å². The Bertz CT molecular complexity index is 533. The fourth-order valence-corrected chi connectivity index (χ4v) is 1.63.